The Labute approximate surface area is 142 Å². The molecule has 0 bridgehead atoms. The van der Waals surface area contributed by atoms with Crippen LogP contribution < -0.4 is 10.5 Å². The summed E-state index contributed by atoms with van der Waals surface area (Å²) in [6.07, 6.45) is 3.13. The Bertz CT molecular complexity index is 620. The van der Waals surface area contributed by atoms with Crippen molar-refractivity contribution in [1.29, 1.82) is 0 Å². The molecule has 1 aromatic rings. The minimum atomic E-state index is -3.65. The first-order chi connectivity index (χ1) is 9.68. The molecule has 8 heteroatoms. The van der Waals surface area contributed by atoms with E-state index in [1.165, 1.54) is 0 Å². The number of nitrogens with zero attached hydrogens (tertiary/aromatic N) is 1. The summed E-state index contributed by atoms with van der Waals surface area (Å²) in [5, 5.41) is 0. The van der Waals surface area contributed by atoms with Crippen molar-refractivity contribution in [2.75, 3.05) is 26.4 Å². The molecule has 0 amide bonds. The van der Waals surface area contributed by atoms with Crippen LogP contribution in [0, 0.1) is 0 Å². The number of nitrogen functional groups attached to an aromatic ring is 1. The third kappa shape index (κ3) is 3.44. The summed E-state index contributed by atoms with van der Waals surface area (Å²) in [5.74, 6) is 0. The SMILES string of the molecule is CN(C)C1(CNS(=O)(=O)c2c(N)cc(Br)cc2Br)CCC1. The zero-order valence-corrected chi connectivity index (χ0v) is 16.0. The van der Waals surface area contributed by atoms with Crippen molar-refractivity contribution in [3.8, 4) is 0 Å². The summed E-state index contributed by atoms with van der Waals surface area (Å²) in [6.45, 7) is 0.393. The fraction of sp³-hybridized carbons (Fsp3) is 0.538. The van der Waals surface area contributed by atoms with Crippen molar-refractivity contribution in [3.05, 3.63) is 21.1 Å². The summed E-state index contributed by atoms with van der Waals surface area (Å²) in [5.41, 5.74) is 6.00. The first-order valence-corrected chi connectivity index (χ1v) is 9.66. The predicted molar refractivity (Wildman–Crippen MR) is 91.7 cm³/mol. The van der Waals surface area contributed by atoms with Crippen LogP contribution in [0.1, 0.15) is 19.3 Å². The lowest BCUT2D eigenvalue weighted by molar-refractivity contribution is 0.0657. The molecule has 0 atom stereocenters. The van der Waals surface area contributed by atoms with Crippen molar-refractivity contribution in [3.63, 3.8) is 0 Å². The number of likely N-dealkylation sites (N-methyl/N-ethyl adjacent to an activating group) is 1. The van der Waals surface area contributed by atoms with Crippen LogP contribution in [-0.2, 0) is 10.0 Å². The van der Waals surface area contributed by atoms with E-state index in [1.807, 2.05) is 14.1 Å². The molecule has 0 unspecified atom stereocenters. The van der Waals surface area contributed by atoms with Gasteiger partial charge in [-0.15, -0.1) is 0 Å². The van der Waals surface area contributed by atoms with Crippen LogP contribution in [0.4, 0.5) is 5.69 Å². The Kier molecular flexibility index (Phi) is 5.04. The highest BCUT2D eigenvalue weighted by Gasteiger charge is 2.40. The zero-order chi connectivity index (χ0) is 15.8. The van der Waals surface area contributed by atoms with Gasteiger partial charge in [-0.3, -0.25) is 0 Å². The first kappa shape index (κ1) is 17.2. The average molecular weight is 441 g/mol. The highest BCUT2D eigenvalue weighted by Crippen LogP contribution is 2.36. The van der Waals surface area contributed by atoms with E-state index in [1.54, 1.807) is 12.1 Å². The Hall–Kier alpha value is -0.150. The molecule has 0 aliphatic heterocycles. The molecular formula is C13H19Br2N3O2S. The lowest BCUT2D eigenvalue weighted by Crippen LogP contribution is -2.57. The van der Waals surface area contributed by atoms with E-state index in [4.69, 9.17) is 5.73 Å². The molecule has 0 heterocycles. The zero-order valence-electron chi connectivity index (χ0n) is 12.0. The van der Waals surface area contributed by atoms with Gasteiger partial charge in [-0.2, -0.15) is 0 Å². The lowest BCUT2D eigenvalue weighted by Gasteiger charge is -2.47. The van der Waals surface area contributed by atoms with Gasteiger partial charge in [0.2, 0.25) is 10.0 Å². The second kappa shape index (κ2) is 6.16. The molecule has 1 fully saturated rings. The van der Waals surface area contributed by atoms with Crippen molar-refractivity contribution < 1.29 is 8.42 Å². The number of sulfonamides is 1. The summed E-state index contributed by atoms with van der Waals surface area (Å²) in [6, 6.07) is 3.26. The van der Waals surface area contributed by atoms with Gasteiger partial charge in [0.05, 0.1) is 5.69 Å². The molecule has 0 saturated heterocycles. The van der Waals surface area contributed by atoms with Gasteiger partial charge in [0.1, 0.15) is 4.90 Å². The fourth-order valence-electron chi connectivity index (χ4n) is 2.53. The smallest absolute Gasteiger partial charge is 0.243 e. The van der Waals surface area contributed by atoms with E-state index < -0.39 is 10.0 Å². The number of hydrogen-bond donors (Lipinski definition) is 2. The maximum atomic E-state index is 12.5. The Morgan fingerprint density at radius 3 is 2.38 bits per heavy atom. The van der Waals surface area contributed by atoms with Crippen LogP contribution in [-0.4, -0.2) is 39.5 Å². The second-order valence-electron chi connectivity index (χ2n) is 5.60. The van der Waals surface area contributed by atoms with Gasteiger partial charge in [0.15, 0.2) is 0 Å². The van der Waals surface area contributed by atoms with Crippen molar-refractivity contribution in [2.45, 2.75) is 29.7 Å². The molecule has 0 aromatic heterocycles. The van der Waals surface area contributed by atoms with E-state index >= 15 is 0 Å². The Balaban J connectivity index is 2.24. The van der Waals surface area contributed by atoms with Crippen molar-refractivity contribution >= 4 is 47.6 Å². The van der Waals surface area contributed by atoms with Crippen LogP contribution in [0.5, 0.6) is 0 Å². The summed E-state index contributed by atoms with van der Waals surface area (Å²) < 4.78 is 29.0. The van der Waals surface area contributed by atoms with Gasteiger partial charge < -0.3 is 10.6 Å². The summed E-state index contributed by atoms with van der Waals surface area (Å²) >= 11 is 6.57. The maximum absolute atomic E-state index is 12.5. The quantitative estimate of drug-likeness (QED) is 0.690. The highest BCUT2D eigenvalue weighted by atomic mass is 79.9. The van der Waals surface area contributed by atoms with Crippen LogP contribution in [0.3, 0.4) is 0 Å². The molecule has 118 valence electrons. The van der Waals surface area contributed by atoms with E-state index in [0.717, 1.165) is 23.7 Å². The fourth-order valence-corrected chi connectivity index (χ4v) is 5.72. The number of hydrogen-bond acceptors (Lipinski definition) is 4. The molecule has 5 nitrogen and oxygen atoms in total. The minimum Gasteiger partial charge on any atom is -0.398 e. The summed E-state index contributed by atoms with van der Waals surface area (Å²) in [4.78, 5) is 2.19. The largest absolute Gasteiger partial charge is 0.398 e. The van der Waals surface area contributed by atoms with Crippen LogP contribution in [0.2, 0.25) is 0 Å². The number of rotatable bonds is 5. The molecule has 1 saturated carbocycles. The predicted octanol–water partition coefficient (Wildman–Crippen LogP) is 2.56. The summed E-state index contributed by atoms with van der Waals surface area (Å²) in [7, 11) is 0.316. The van der Waals surface area contributed by atoms with Crippen LogP contribution in [0.15, 0.2) is 26.0 Å². The first-order valence-electron chi connectivity index (χ1n) is 6.60. The van der Waals surface area contributed by atoms with E-state index in [9.17, 15) is 8.42 Å². The number of nitrogens with one attached hydrogen (secondary N) is 1. The molecule has 0 radical (unpaired) electrons. The normalized spacial score (nSPS) is 17.8. The lowest BCUT2D eigenvalue weighted by atomic mass is 9.76. The number of halogens is 2. The number of anilines is 1. The van der Waals surface area contributed by atoms with Crippen LogP contribution >= 0.6 is 31.9 Å². The monoisotopic (exact) mass is 439 g/mol. The topological polar surface area (TPSA) is 75.4 Å². The molecule has 3 N–H and O–H groups in total. The molecule has 2 rings (SSSR count). The molecule has 1 aliphatic rings. The average Bonchev–Trinajstić information content (AvgIpc) is 2.24. The van der Waals surface area contributed by atoms with E-state index in [0.29, 0.717) is 11.0 Å². The molecule has 0 spiro atoms. The van der Waals surface area contributed by atoms with Gasteiger partial charge >= 0.3 is 0 Å². The third-order valence-electron chi connectivity index (χ3n) is 4.13. The molecule has 1 aliphatic carbocycles. The van der Waals surface area contributed by atoms with Crippen molar-refractivity contribution in [2.24, 2.45) is 0 Å². The molecule has 21 heavy (non-hydrogen) atoms. The Morgan fingerprint density at radius 1 is 1.33 bits per heavy atom. The number of nitrogens with two attached hydrogens (primary N) is 1. The van der Waals surface area contributed by atoms with Gasteiger partial charge in [-0.25, -0.2) is 13.1 Å². The van der Waals surface area contributed by atoms with Crippen LogP contribution in [0.25, 0.3) is 0 Å². The minimum absolute atomic E-state index is 0.0797. The molecular weight excluding hydrogens is 422 g/mol. The van der Waals surface area contributed by atoms with Gasteiger partial charge in [0.25, 0.3) is 0 Å². The van der Waals surface area contributed by atoms with E-state index in [2.05, 4.69) is 41.5 Å². The maximum Gasteiger partial charge on any atom is 0.243 e. The third-order valence-corrected chi connectivity index (χ3v) is 6.99. The van der Waals surface area contributed by atoms with Gasteiger partial charge in [-0.05, 0) is 61.4 Å². The van der Waals surface area contributed by atoms with Crippen molar-refractivity contribution in [1.82, 2.24) is 9.62 Å². The van der Waals surface area contributed by atoms with Gasteiger partial charge in [0, 0.05) is 21.0 Å². The van der Waals surface area contributed by atoms with E-state index in [-0.39, 0.29) is 16.1 Å². The second-order valence-corrected chi connectivity index (χ2v) is 9.08. The highest BCUT2D eigenvalue weighted by molar-refractivity contribution is 9.11. The standard InChI is InChI=1S/C13H19Br2N3O2S/c1-18(2)13(4-3-5-13)8-17-21(19,20)12-10(15)6-9(14)7-11(12)16/h6-7,17H,3-5,8,16H2,1-2H3. The molecule has 1 aromatic carbocycles. The number of benzene rings is 1. The Morgan fingerprint density at radius 2 is 1.95 bits per heavy atom. The van der Waals surface area contributed by atoms with Gasteiger partial charge in [-0.1, -0.05) is 15.9 Å².